The number of benzene rings is 2. The van der Waals surface area contributed by atoms with Crippen LogP contribution in [0, 0.1) is 5.82 Å². The topological polar surface area (TPSA) is 50.8 Å². The van der Waals surface area contributed by atoms with Crippen molar-refractivity contribution in [1.29, 1.82) is 0 Å². The molecular formula is C22H21ClF4N2O3. The van der Waals surface area contributed by atoms with Gasteiger partial charge < -0.3 is 19.7 Å². The van der Waals surface area contributed by atoms with E-state index in [4.69, 9.17) is 21.1 Å². The smallest absolute Gasteiger partial charge is 0.416 e. The van der Waals surface area contributed by atoms with E-state index in [2.05, 4.69) is 5.32 Å². The van der Waals surface area contributed by atoms with E-state index < -0.39 is 17.6 Å². The number of hydrogen-bond acceptors (Lipinski definition) is 4. The number of carbonyl (C=O) groups excluding carboxylic acids is 1. The minimum absolute atomic E-state index is 0.0572. The zero-order chi connectivity index (χ0) is 22.9. The highest BCUT2D eigenvalue weighted by molar-refractivity contribution is 6.31. The first-order valence-corrected chi connectivity index (χ1v) is 10.5. The van der Waals surface area contributed by atoms with Gasteiger partial charge in [0, 0.05) is 36.6 Å². The van der Waals surface area contributed by atoms with Crippen LogP contribution in [0.1, 0.15) is 36.0 Å². The van der Waals surface area contributed by atoms with Gasteiger partial charge in [-0.15, -0.1) is 0 Å². The number of hydrogen-bond donors (Lipinski definition) is 1. The maximum Gasteiger partial charge on any atom is 0.416 e. The Balaban J connectivity index is 1.34. The minimum atomic E-state index is -4.65. The lowest BCUT2D eigenvalue weighted by molar-refractivity contribution is -0.137. The lowest BCUT2D eigenvalue weighted by Crippen LogP contribution is -2.34. The molecule has 5 nitrogen and oxygen atoms in total. The predicted molar refractivity (Wildman–Crippen MR) is 109 cm³/mol. The van der Waals surface area contributed by atoms with Crippen molar-refractivity contribution in [3.8, 4) is 11.5 Å². The van der Waals surface area contributed by atoms with Crippen LogP contribution >= 0.6 is 11.6 Å². The zero-order valence-electron chi connectivity index (χ0n) is 17.0. The Morgan fingerprint density at radius 1 is 1.12 bits per heavy atom. The monoisotopic (exact) mass is 472 g/mol. The Morgan fingerprint density at radius 3 is 2.62 bits per heavy atom. The molecule has 10 heteroatoms. The largest absolute Gasteiger partial charge is 0.454 e. The first-order chi connectivity index (χ1) is 15.2. The maximum atomic E-state index is 13.7. The van der Waals surface area contributed by atoms with E-state index >= 15 is 0 Å². The van der Waals surface area contributed by atoms with Crippen LogP contribution in [-0.2, 0) is 24.1 Å². The van der Waals surface area contributed by atoms with Gasteiger partial charge in [0.25, 0.3) is 0 Å². The van der Waals surface area contributed by atoms with Crippen molar-refractivity contribution < 1.29 is 31.8 Å². The van der Waals surface area contributed by atoms with Crippen LogP contribution < -0.4 is 14.8 Å². The normalized spacial score (nSPS) is 18.0. The number of fused-ring (bicyclic) bond motifs is 1. The molecule has 2 aliphatic heterocycles. The summed E-state index contributed by atoms with van der Waals surface area (Å²) in [6.45, 7) is 1.15. The summed E-state index contributed by atoms with van der Waals surface area (Å²) >= 11 is 6.26. The fourth-order valence-electron chi connectivity index (χ4n) is 4.00. The highest BCUT2D eigenvalue weighted by Gasteiger charge is 2.33. The van der Waals surface area contributed by atoms with Gasteiger partial charge in [-0.1, -0.05) is 11.6 Å². The lowest BCUT2D eigenvalue weighted by Gasteiger charge is -2.25. The van der Waals surface area contributed by atoms with Gasteiger partial charge >= 0.3 is 6.18 Å². The number of ether oxygens (including phenoxy) is 2. The molecule has 1 fully saturated rings. The molecule has 1 N–H and O–H groups in total. The minimum Gasteiger partial charge on any atom is -0.454 e. The Kier molecular flexibility index (Phi) is 6.48. The molecule has 2 aliphatic rings. The molecule has 0 aromatic heterocycles. The highest BCUT2D eigenvalue weighted by Crippen LogP contribution is 2.37. The molecule has 1 atom stereocenters. The van der Waals surface area contributed by atoms with Crippen LogP contribution in [0.2, 0.25) is 5.02 Å². The van der Waals surface area contributed by atoms with Crippen molar-refractivity contribution in [3.05, 3.63) is 57.9 Å². The Hall–Kier alpha value is -2.52. The Bertz CT molecular complexity index is 1020. The van der Waals surface area contributed by atoms with Gasteiger partial charge in [0.05, 0.1) is 5.56 Å². The number of nitrogens with one attached hydrogen (secondary N) is 1. The molecular weight excluding hydrogens is 452 g/mol. The van der Waals surface area contributed by atoms with Crippen molar-refractivity contribution in [2.75, 3.05) is 13.3 Å². The maximum absolute atomic E-state index is 13.7. The Labute approximate surface area is 187 Å². The molecule has 4 rings (SSSR count). The van der Waals surface area contributed by atoms with Crippen molar-refractivity contribution >= 4 is 17.5 Å². The molecule has 1 amide bonds. The summed E-state index contributed by atoms with van der Waals surface area (Å²) in [7, 11) is 0. The second-order valence-corrected chi connectivity index (χ2v) is 8.23. The standard InChI is InChI=1S/C22H21ClF4N2O3/c23-18-9-20-19(31-12-32-20)7-14(18)10-28-4-3-17-1-2-21(30)29(17)11-13-5-15(22(25,26)27)8-16(24)6-13/h5-9,17,28H,1-4,10-12H2. The SMILES string of the molecule is O=C1CCC(CCNCc2cc3c(cc2Cl)OCO3)N1Cc1cc(F)cc(C(F)(F)F)c1. The summed E-state index contributed by atoms with van der Waals surface area (Å²) < 4.78 is 63.3. The third-order valence-electron chi connectivity index (χ3n) is 5.60. The summed E-state index contributed by atoms with van der Waals surface area (Å²) in [5.41, 5.74) is -0.0923. The molecule has 0 aliphatic carbocycles. The lowest BCUT2D eigenvalue weighted by atomic mass is 10.1. The van der Waals surface area contributed by atoms with Crippen LogP contribution in [0.5, 0.6) is 11.5 Å². The van der Waals surface area contributed by atoms with Gasteiger partial charge in [0.15, 0.2) is 11.5 Å². The van der Waals surface area contributed by atoms with Crippen LogP contribution in [0.4, 0.5) is 17.6 Å². The first kappa shape index (κ1) is 22.7. The number of likely N-dealkylation sites (tertiary alicyclic amines) is 1. The quantitative estimate of drug-likeness (QED) is 0.460. The van der Waals surface area contributed by atoms with E-state index in [1.807, 2.05) is 6.07 Å². The number of amides is 1. The number of rotatable bonds is 7. The third kappa shape index (κ3) is 5.10. The average molecular weight is 473 g/mol. The Morgan fingerprint density at radius 2 is 1.88 bits per heavy atom. The predicted octanol–water partition coefficient (Wildman–Crippen LogP) is 4.90. The van der Waals surface area contributed by atoms with E-state index in [0.29, 0.717) is 54.9 Å². The number of carbonyl (C=O) groups is 1. The third-order valence-corrected chi connectivity index (χ3v) is 5.95. The van der Waals surface area contributed by atoms with Crippen LogP contribution in [-0.4, -0.2) is 30.2 Å². The van der Waals surface area contributed by atoms with Crippen LogP contribution in [0.25, 0.3) is 0 Å². The second kappa shape index (κ2) is 9.15. The molecule has 2 aromatic carbocycles. The fourth-order valence-corrected chi connectivity index (χ4v) is 4.22. The fraction of sp³-hybridized carbons (Fsp3) is 0.409. The zero-order valence-corrected chi connectivity index (χ0v) is 17.7. The van der Waals surface area contributed by atoms with Crippen LogP contribution in [0.15, 0.2) is 30.3 Å². The molecule has 1 saturated heterocycles. The van der Waals surface area contributed by atoms with E-state index in [1.165, 1.54) is 4.90 Å². The molecule has 0 bridgehead atoms. The van der Waals surface area contributed by atoms with Gasteiger partial charge in [-0.25, -0.2) is 4.39 Å². The van der Waals surface area contributed by atoms with Gasteiger partial charge in [0.1, 0.15) is 5.82 Å². The van der Waals surface area contributed by atoms with Crippen molar-refractivity contribution in [2.24, 2.45) is 0 Å². The van der Waals surface area contributed by atoms with Gasteiger partial charge in [0.2, 0.25) is 12.7 Å². The summed E-state index contributed by atoms with van der Waals surface area (Å²) in [4.78, 5) is 13.8. The van der Waals surface area contributed by atoms with E-state index in [0.717, 1.165) is 17.7 Å². The van der Waals surface area contributed by atoms with Gasteiger partial charge in [-0.3, -0.25) is 4.79 Å². The molecule has 0 spiro atoms. The van der Waals surface area contributed by atoms with E-state index in [1.54, 1.807) is 6.07 Å². The number of halogens is 5. The second-order valence-electron chi connectivity index (χ2n) is 7.82. The summed E-state index contributed by atoms with van der Waals surface area (Å²) in [5, 5.41) is 3.82. The molecule has 0 radical (unpaired) electrons. The number of alkyl halides is 3. The average Bonchev–Trinajstić information content (AvgIpc) is 3.31. The van der Waals surface area contributed by atoms with Gasteiger partial charge in [-0.2, -0.15) is 13.2 Å². The summed E-state index contributed by atoms with van der Waals surface area (Å²) in [6, 6.07) is 5.76. The highest BCUT2D eigenvalue weighted by atomic mass is 35.5. The van der Waals surface area contributed by atoms with E-state index in [-0.39, 0.29) is 30.9 Å². The molecule has 0 saturated carbocycles. The molecule has 172 valence electrons. The van der Waals surface area contributed by atoms with Crippen molar-refractivity contribution in [3.63, 3.8) is 0 Å². The van der Waals surface area contributed by atoms with E-state index in [9.17, 15) is 22.4 Å². The van der Waals surface area contributed by atoms with Gasteiger partial charge in [-0.05, 0) is 54.8 Å². The first-order valence-electron chi connectivity index (χ1n) is 10.2. The van der Waals surface area contributed by atoms with Crippen LogP contribution in [0.3, 0.4) is 0 Å². The molecule has 2 heterocycles. The molecule has 1 unspecified atom stereocenters. The molecule has 2 aromatic rings. The van der Waals surface area contributed by atoms with Crippen molar-refractivity contribution in [1.82, 2.24) is 10.2 Å². The molecule has 32 heavy (non-hydrogen) atoms. The van der Waals surface area contributed by atoms with Crippen molar-refractivity contribution in [2.45, 2.75) is 44.6 Å². The summed E-state index contributed by atoms with van der Waals surface area (Å²) in [5.74, 6) is 0.115. The number of nitrogens with zero attached hydrogens (tertiary/aromatic N) is 1. The summed E-state index contributed by atoms with van der Waals surface area (Å²) in [6.07, 6.45) is -3.12.